The highest BCUT2D eigenvalue weighted by Crippen LogP contribution is 2.37. The van der Waals surface area contributed by atoms with Crippen molar-refractivity contribution in [2.24, 2.45) is 5.41 Å². The molecule has 0 saturated carbocycles. The molecule has 1 aliphatic rings. The number of nitrogens with two attached hydrogens (primary N) is 1. The molecule has 2 heterocycles. The predicted molar refractivity (Wildman–Crippen MR) is 100.0 cm³/mol. The number of pyridine rings is 1. The number of fused-ring (bicyclic) bond motifs is 3. The van der Waals surface area contributed by atoms with Crippen molar-refractivity contribution in [3.05, 3.63) is 52.2 Å². The van der Waals surface area contributed by atoms with E-state index >= 15 is 0 Å². The van der Waals surface area contributed by atoms with E-state index < -0.39 is 0 Å². The van der Waals surface area contributed by atoms with Gasteiger partial charge in [0.1, 0.15) is 6.07 Å². The zero-order valence-electron chi connectivity index (χ0n) is 14.6. The smallest absolute Gasteiger partial charge is 0.294 e. The summed E-state index contributed by atoms with van der Waals surface area (Å²) in [6.45, 7) is 4.15. The van der Waals surface area contributed by atoms with Crippen LogP contribution < -0.4 is 10.2 Å². The Labute approximate surface area is 156 Å². The summed E-state index contributed by atoms with van der Waals surface area (Å²) in [4.78, 5) is 12.8. The molecule has 0 saturated heterocycles. The quantitative estimate of drug-likeness (QED) is 0.645. The van der Waals surface area contributed by atoms with E-state index in [9.17, 15) is 10.1 Å². The summed E-state index contributed by atoms with van der Waals surface area (Å²) in [5.41, 5.74) is 10.3. The van der Waals surface area contributed by atoms with Crippen LogP contribution in [-0.2, 0) is 6.42 Å². The summed E-state index contributed by atoms with van der Waals surface area (Å²) in [6.07, 6.45) is 1.25. The van der Waals surface area contributed by atoms with Gasteiger partial charge in [-0.2, -0.15) is 5.26 Å². The Balaban J connectivity index is 2.04. The highest BCUT2D eigenvalue weighted by Gasteiger charge is 2.36. The number of nitrogen functional groups attached to an aromatic ring is 1. The van der Waals surface area contributed by atoms with Gasteiger partial charge in [-0.3, -0.25) is 10.5 Å². The molecule has 3 N–H and O–H groups in total. The van der Waals surface area contributed by atoms with Crippen LogP contribution in [0.2, 0.25) is 5.02 Å². The van der Waals surface area contributed by atoms with E-state index in [4.69, 9.17) is 17.3 Å². The van der Waals surface area contributed by atoms with E-state index in [1.165, 1.54) is 0 Å². The minimum atomic E-state index is -0.0999. The Hall–Kier alpha value is -2.84. The van der Waals surface area contributed by atoms with Crippen LogP contribution in [0.3, 0.4) is 0 Å². The van der Waals surface area contributed by atoms with E-state index in [1.807, 2.05) is 18.2 Å². The summed E-state index contributed by atoms with van der Waals surface area (Å²) in [6, 6.07) is 11.3. The lowest BCUT2D eigenvalue weighted by Gasteiger charge is -2.27. The number of aromatic amines is 1. The number of rotatable bonds is 1. The second kappa shape index (κ2) is 5.58. The number of benzene rings is 1. The average molecular weight is 366 g/mol. The number of halogens is 1. The number of anilines is 1. The topological polar surface area (TPSA) is 86.8 Å². The van der Waals surface area contributed by atoms with Gasteiger partial charge in [0.05, 0.1) is 11.3 Å². The highest BCUT2D eigenvalue weighted by molar-refractivity contribution is 6.30. The van der Waals surface area contributed by atoms with Crippen molar-refractivity contribution in [2.45, 2.75) is 26.7 Å². The first-order chi connectivity index (χ1) is 12.3. The minimum absolute atomic E-state index is 0.0983. The number of carbonyl (C=O) groups excluding carboxylic acids is 1. The Morgan fingerprint density at radius 2 is 1.96 bits per heavy atom. The standard InChI is InChI=1S/C20H17ClN4O/c1-20(2)8-15-18(17(26)9-20)16-7-13(11-3-5-12(21)6-4-11)14(10-22)19(23)25(16)24-15/h3-7H,8-9H2,1-2H3,(H2,23,24,26)/p+1. The maximum Gasteiger partial charge on any atom is 0.315 e. The van der Waals surface area contributed by atoms with Crippen molar-refractivity contribution in [1.82, 2.24) is 5.10 Å². The molecule has 0 spiro atoms. The number of H-pyrrole nitrogens is 1. The maximum absolute atomic E-state index is 12.8. The first kappa shape index (κ1) is 16.6. The lowest BCUT2D eigenvalue weighted by Crippen LogP contribution is -2.30. The maximum atomic E-state index is 12.8. The van der Waals surface area contributed by atoms with Crippen LogP contribution in [0.25, 0.3) is 16.6 Å². The first-order valence-corrected chi connectivity index (χ1v) is 8.77. The summed E-state index contributed by atoms with van der Waals surface area (Å²) in [7, 11) is 0. The normalized spacial score (nSPS) is 15.7. The Morgan fingerprint density at radius 3 is 2.62 bits per heavy atom. The molecule has 0 bridgehead atoms. The molecule has 4 rings (SSSR count). The third-order valence-corrected chi connectivity index (χ3v) is 5.19. The van der Waals surface area contributed by atoms with E-state index in [0.29, 0.717) is 39.5 Å². The van der Waals surface area contributed by atoms with Crippen LogP contribution in [0.4, 0.5) is 5.82 Å². The molecular weight excluding hydrogens is 348 g/mol. The number of carbonyl (C=O) groups is 1. The molecule has 5 nitrogen and oxygen atoms in total. The summed E-state index contributed by atoms with van der Waals surface area (Å²) >= 11 is 5.98. The second-order valence-electron chi connectivity index (χ2n) is 7.56. The van der Waals surface area contributed by atoms with Crippen LogP contribution in [-0.4, -0.2) is 10.9 Å². The monoisotopic (exact) mass is 365 g/mol. The van der Waals surface area contributed by atoms with E-state index in [-0.39, 0.29) is 11.2 Å². The lowest BCUT2D eigenvalue weighted by molar-refractivity contribution is -0.562. The molecule has 0 amide bonds. The van der Waals surface area contributed by atoms with Crippen LogP contribution in [0.5, 0.6) is 0 Å². The molecule has 1 aromatic carbocycles. The number of Topliss-reactive ketones (excluding diaryl/α,β-unsaturated/α-hetero) is 1. The van der Waals surface area contributed by atoms with Crippen LogP contribution in [0.15, 0.2) is 30.3 Å². The van der Waals surface area contributed by atoms with E-state index in [0.717, 1.165) is 17.7 Å². The average Bonchev–Trinajstić information content (AvgIpc) is 2.93. The van der Waals surface area contributed by atoms with E-state index in [2.05, 4.69) is 25.0 Å². The molecule has 130 valence electrons. The minimum Gasteiger partial charge on any atom is -0.294 e. The fourth-order valence-electron chi connectivity index (χ4n) is 3.78. The molecule has 0 atom stereocenters. The Morgan fingerprint density at radius 1 is 1.27 bits per heavy atom. The molecule has 0 radical (unpaired) electrons. The summed E-state index contributed by atoms with van der Waals surface area (Å²) in [5, 5.41) is 13.5. The van der Waals surface area contributed by atoms with Crippen molar-refractivity contribution in [1.29, 1.82) is 5.26 Å². The van der Waals surface area contributed by atoms with Gasteiger partial charge in [-0.25, -0.2) is 5.10 Å². The number of hydrogen-bond donors (Lipinski definition) is 2. The van der Waals surface area contributed by atoms with Crippen molar-refractivity contribution < 1.29 is 9.31 Å². The molecule has 6 heteroatoms. The SMILES string of the molecule is CC1(C)CC(=O)c2c([nH][n+]3c(N)c(C#N)c(-c4ccc(Cl)cc4)cc23)C1. The third-order valence-electron chi connectivity index (χ3n) is 4.93. The van der Waals surface area contributed by atoms with Crippen molar-refractivity contribution in [3.8, 4) is 17.2 Å². The molecule has 0 fully saturated rings. The fraction of sp³-hybridized carbons (Fsp3) is 0.250. The van der Waals surface area contributed by atoms with Gasteiger partial charge in [-0.05, 0) is 35.6 Å². The third kappa shape index (κ3) is 2.46. The largest absolute Gasteiger partial charge is 0.315 e. The van der Waals surface area contributed by atoms with Gasteiger partial charge in [0.2, 0.25) is 0 Å². The zero-order valence-corrected chi connectivity index (χ0v) is 15.3. The summed E-state index contributed by atoms with van der Waals surface area (Å²) in [5.74, 6) is 0.399. The summed E-state index contributed by atoms with van der Waals surface area (Å²) < 4.78 is 1.65. The lowest BCUT2D eigenvalue weighted by atomic mass is 9.76. The Kier molecular flexibility index (Phi) is 3.57. The second-order valence-corrected chi connectivity index (χ2v) is 8.00. The van der Waals surface area contributed by atoms with Gasteiger partial charge in [0.25, 0.3) is 0 Å². The molecule has 0 aliphatic heterocycles. The number of nitrogens with one attached hydrogen (secondary N) is 1. The number of ketones is 1. The number of nitrogens with zero attached hydrogens (tertiary/aromatic N) is 2. The van der Waals surface area contributed by atoms with Crippen LogP contribution in [0, 0.1) is 16.7 Å². The molecule has 2 aromatic heterocycles. The molecule has 26 heavy (non-hydrogen) atoms. The number of hydrogen-bond acceptors (Lipinski definition) is 3. The molecule has 1 aliphatic carbocycles. The van der Waals surface area contributed by atoms with Gasteiger partial charge in [-0.15, -0.1) is 4.52 Å². The van der Waals surface area contributed by atoms with Gasteiger partial charge >= 0.3 is 5.82 Å². The van der Waals surface area contributed by atoms with Crippen molar-refractivity contribution in [2.75, 3.05) is 5.73 Å². The van der Waals surface area contributed by atoms with Gasteiger partial charge in [0, 0.05) is 17.0 Å². The van der Waals surface area contributed by atoms with Crippen LogP contribution in [0.1, 0.15) is 41.9 Å². The fourth-order valence-corrected chi connectivity index (χ4v) is 3.91. The predicted octanol–water partition coefficient (Wildman–Crippen LogP) is 3.68. The van der Waals surface area contributed by atoms with Crippen molar-refractivity contribution >= 4 is 28.7 Å². The molecular formula is C20H18ClN4O+. The van der Waals surface area contributed by atoms with Gasteiger partial charge < -0.3 is 0 Å². The Bertz CT molecular complexity index is 1100. The molecule has 0 unspecified atom stereocenters. The molecule has 3 aromatic rings. The van der Waals surface area contributed by atoms with Crippen LogP contribution >= 0.6 is 11.6 Å². The van der Waals surface area contributed by atoms with E-state index in [1.54, 1.807) is 16.6 Å². The van der Waals surface area contributed by atoms with Crippen molar-refractivity contribution in [3.63, 3.8) is 0 Å². The number of aromatic nitrogens is 2. The van der Waals surface area contributed by atoms with Gasteiger partial charge in [-0.1, -0.05) is 37.6 Å². The zero-order chi connectivity index (χ0) is 18.6. The highest BCUT2D eigenvalue weighted by atomic mass is 35.5. The van der Waals surface area contributed by atoms with Gasteiger partial charge in [0.15, 0.2) is 16.9 Å². The first-order valence-electron chi connectivity index (χ1n) is 8.39. The number of nitriles is 1.